The number of ether oxygens (including phenoxy) is 2. The fourth-order valence-electron chi connectivity index (χ4n) is 1.66. The monoisotopic (exact) mass is 244 g/mol. The normalized spacial score (nSPS) is 37.6. The van der Waals surface area contributed by atoms with Gasteiger partial charge < -0.3 is 14.8 Å². The van der Waals surface area contributed by atoms with Gasteiger partial charge in [0.1, 0.15) is 6.10 Å². The first-order valence-electron chi connectivity index (χ1n) is 5.87. The van der Waals surface area contributed by atoms with E-state index in [-0.39, 0.29) is 11.6 Å². The lowest BCUT2D eigenvalue weighted by molar-refractivity contribution is -0.0832. The van der Waals surface area contributed by atoms with Gasteiger partial charge in [0, 0.05) is 11.3 Å². The first-order chi connectivity index (χ1) is 7.72. The zero-order valence-corrected chi connectivity index (χ0v) is 10.8. The van der Waals surface area contributed by atoms with Gasteiger partial charge in [-0.3, -0.25) is 4.99 Å². The molecule has 0 saturated carbocycles. The Morgan fingerprint density at radius 1 is 1.56 bits per heavy atom. The van der Waals surface area contributed by atoms with Crippen LogP contribution in [0.1, 0.15) is 20.3 Å². The minimum Gasteiger partial charge on any atom is -0.376 e. The Kier molecular flexibility index (Phi) is 4.10. The van der Waals surface area contributed by atoms with E-state index < -0.39 is 0 Å². The molecule has 2 heterocycles. The summed E-state index contributed by atoms with van der Waals surface area (Å²) in [5.41, 5.74) is 0.216. The number of amidine groups is 1. The topological polar surface area (TPSA) is 42.9 Å². The quantitative estimate of drug-likeness (QED) is 0.812. The van der Waals surface area contributed by atoms with Crippen LogP contribution < -0.4 is 5.32 Å². The van der Waals surface area contributed by atoms with Gasteiger partial charge in [-0.1, -0.05) is 18.7 Å². The third-order valence-corrected chi connectivity index (χ3v) is 4.33. The molecule has 0 aromatic heterocycles. The first kappa shape index (κ1) is 12.2. The van der Waals surface area contributed by atoms with E-state index in [0.29, 0.717) is 26.4 Å². The second-order valence-electron chi connectivity index (χ2n) is 4.54. The highest BCUT2D eigenvalue weighted by Gasteiger charge is 2.30. The van der Waals surface area contributed by atoms with E-state index >= 15 is 0 Å². The maximum Gasteiger partial charge on any atom is 0.157 e. The number of nitrogens with zero attached hydrogens (tertiary/aromatic N) is 1. The van der Waals surface area contributed by atoms with E-state index in [2.05, 4.69) is 24.2 Å². The van der Waals surface area contributed by atoms with E-state index in [1.807, 2.05) is 0 Å². The molecule has 2 aliphatic heterocycles. The van der Waals surface area contributed by atoms with Crippen LogP contribution in [0.5, 0.6) is 0 Å². The number of hydrogen-bond acceptors (Lipinski definition) is 4. The predicted molar refractivity (Wildman–Crippen MR) is 67.2 cm³/mol. The van der Waals surface area contributed by atoms with Gasteiger partial charge in [-0.05, 0) is 13.3 Å². The molecule has 2 rings (SSSR count). The molecule has 0 spiro atoms. The molecule has 5 heteroatoms. The van der Waals surface area contributed by atoms with Crippen molar-refractivity contribution in [3.8, 4) is 0 Å². The average Bonchev–Trinajstić information content (AvgIpc) is 2.71. The van der Waals surface area contributed by atoms with Crippen molar-refractivity contribution >= 4 is 16.9 Å². The summed E-state index contributed by atoms with van der Waals surface area (Å²) in [5.74, 6) is 1.10. The highest BCUT2D eigenvalue weighted by Crippen LogP contribution is 2.25. The van der Waals surface area contributed by atoms with Gasteiger partial charge >= 0.3 is 0 Å². The van der Waals surface area contributed by atoms with Crippen LogP contribution >= 0.6 is 11.8 Å². The fourth-order valence-corrected chi connectivity index (χ4v) is 2.88. The lowest BCUT2D eigenvalue weighted by atomic mass is 10.0. The van der Waals surface area contributed by atoms with Crippen molar-refractivity contribution in [3.63, 3.8) is 0 Å². The van der Waals surface area contributed by atoms with Crippen LogP contribution in [0.3, 0.4) is 0 Å². The Balaban J connectivity index is 1.80. The Morgan fingerprint density at radius 3 is 3.06 bits per heavy atom. The molecule has 2 fully saturated rings. The van der Waals surface area contributed by atoms with Crippen LogP contribution in [0.25, 0.3) is 0 Å². The maximum absolute atomic E-state index is 5.55. The molecule has 1 N–H and O–H groups in total. The molecular weight excluding hydrogens is 224 g/mol. The van der Waals surface area contributed by atoms with E-state index in [1.54, 1.807) is 11.8 Å². The molecule has 4 nitrogen and oxygen atoms in total. The van der Waals surface area contributed by atoms with Crippen LogP contribution in [-0.4, -0.2) is 48.9 Å². The molecule has 2 unspecified atom stereocenters. The van der Waals surface area contributed by atoms with Crippen molar-refractivity contribution in [2.24, 2.45) is 4.99 Å². The molecule has 0 aromatic carbocycles. The minimum atomic E-state index is 0.136. The zero-order valence-electron chi connectivity index (χ0n) is 9.99. The average molecular weight is 244 g/mol. The molecule has 2 atom stereocenters. The molecule has 0 radical (unpaired) electrons. The highest BCUT2D eigenvalue weighted by atomic mass is 32.2. The Morgan fingerprint density at radius 2 is 2.44 bits per heavy atom. The van der Waals surface area contributed by atoms with Crippen molar-refractivity contribution in [2.45, 2.75) is 31.9 Å². The highest BCUT2D eigenvalue weighted by molar-refractivity contribution is 8.14. The smallest absolute Gasteiger partial charge is 0.157 e. The van der Waals surface area contributed by atoms with Crippen molar-refractivity contribution < 1.29 is 9.47 Å². The van der Waals surface area contributed by atoms with Gasteiger partial charge in [-0.2, -0.15) is 0 Å². The largest absolute Gasteiger partial charge is 0.376 e. The van der Waals surface area contributed by atoms with Crippen LogP contribution in [-0.2, 0) is 9.47 Å². The summed E-state index contributed by atoms with van der Waals surface area (Å²) in [6.45, 7) is 7.23. The maximum atomic E-state index is 5.55. The number of aliphatic imine (C=N–C) groups is 1. The summed E-state index contributed by atoms with van der Waals surface area (Å²) in [6, 6.07) is 0. The SMILES string of the molecule is CCC1(C)CSC(=NCC2COCCO2)N1. The van der Waals surface area contributed by atoms with E-state index in [1.165, 1.54) is 0 Å². The number of thioether (sulfide) groups is 1. The fraction of sp³-hybridized carbons (Fsp3) is 0.909. The van der Waals surface area contributed by atoms with Gasteiger partial charge in [0.05, 0.1) is 26.4 Å². The predicted octanol–water partition coefficient (Wildman–Crippen LogP) is 1.26. The summed E-state index contributed by atoms with van der Waals surface area (Å²) < 4.78 is 10.9. The van der Waals surface area contributed by atoms with Gasteiger partial charge in [0.15, 0.2) is 5.17 Å². The van der Waals surface area contributed by atoms with E-state index in [9.17, 15) is 0 Å². The third-order valence-electron chi connectivity index (χ3n) is 3.04. The van der Waals surface area contributed by atoms with Gasteiger partial charge in [-0.15, -0.1) is 0 Å². The minimum absolute atomic E-state index is 0.136. The van der Waals surface area contributed by atoms with Gasteiger partial charge in [0.25, 0.3) is 0 Å². The van der Waals surface area contributed by atoms with Crippen LogP contribution in [0.2, 0.25) is 0 Å². The molecule has 0 aliphatic carbocycles. The second kappa shape index (κ2) is 5.38. The van der Waals surface area contributed by atoms with Crippen molar-refractivity contribution in [1.29, 1.82) is 0 Å². The van der Waals surface area contributed by atoms with Crippen molar-refractivity contribution in [3.05, 3.63) is 0 Å². The summed E-state index contributed by atoms with van der Waals surface area (Å²) in [5, 5.41) is 4.53. The molecule has 0 amide bonds. The molecule has 0 bridgehead atoms. The first-order valence-corrected chi connectivity index (χ1v) is 6.85. The van der Waals surface area contributed by atoms with Crippen molar-refractivity contribution in [1.82, 2.24) is 5.32 Å². The Labute approximate surface area is 101 Å². The van der Waals surface area contributed by atoms with Crippen LogP contribution in [0.4, 0.5) is 0 Å². The van der Waals surface area contributed by atoms with Crippen LogP contribution in [0.15, 0.2) is 4.99 Å². The number of rotatable bonds is 3. The molecule has 92 valence electrons. The van der Waals surface area contributed by atoms with Crippen molar-refractivity contribution in [2.75, 3.05) is 32.1 Å². The summed E-state index contributed by atoms with van der Waals surface area (Å²) >= 11 is 1.80. The molecular formula is C11H20N2O2S. The number of nitrogens with one attached hydrogen (secondary N) is 1. The third kappa shape index (κ3) is 3.12. The summed E-state index contributed by atoms with van der Waals surface area (Å²) in [6.07, 6.45) is 1.26. The van der Waals surface area contributed by atoms with Crippen LogP contribution in [0, 0.1) is 0 Å². The Hall–Kier alpha value is -0.260. The molecule has 0 aromatic rings. The zero-order chi connectivity index (χ0) is 11.4. The number of hydrogen-bond donors (Lipinski definition) is 1. The molecule has 2 aliphatic rings. The van der Waals surface area contributed by atoms with Gasteiger partial charge in [0.2, 0.25) is 0 Å². The Bertz CT molecular complexity index is 267. The second-order valence-corrected chi connectivity index (χ2v) is 5.51. The molecule has 16 heavy (non-hydrogen) atoms. The standard InChI is InChI=1S/C11H20N2O2S/c1-3-11(2)8-16-10(13-11)12-6-9-7-14-4-5-15-9/h9H,3-8H2,1-2H3,(H,12,13). The van der Waals surface area contributed by atoms with Gasteiger partial charge in [-0.25, -0.2) is 0 Å². The van der Waals surface area contributed by atoms with E-state index in [0.717, 1.165) is 17.3 Å². The summed E-state index contributed by atoms with van der Waals surface area (Å²) in [4.78, 5) is 4.55. The molecule has 2 saturated heterocycles. The lowest BCUT2D eigenvalue weighted by Crippen LogP contribution is -2.40. The van der Waals surface area contributed by atoms with E-state index in [4.69, 9.17) is 9.47 Å². The lowest BCUT2D eigenvalue weighted by Gasteiger charge is -2.22. The summed E-state index contributed by atoms with van der Waals surface area (Å²) in [7, 11) is 0.